The Morgan fingerprint density at radius 1 is 1.38 bits per heavy atom. The number of thioether (sulfide) groups is 1. The van der Waals surface area contributed by atoms with Gasteiger partial charge in [0.1, 0.15) is 5.82 Å². The molecule has 2 amide bonds. The predicted molar refractivity (Wildman–Crippen MR) is 79.7 cm³/mol. The van der Waals surface area contributed by atoms with Crippen LogP contribution in [0.1, 0.15) is 6.42 Å². The summed E-state index contributed by atoms with van der Waals surface area (Å²) in [6, 6.07) is 5.69. The van der Waals surface area contributed by atoms with E-state index in [2.05, 4.69) is 10.6 Å². The van der Waals surface area contributed by atoms with Crippen molar-refractivity contribution in [1.82, 2.24) is 5.32 Å². The summed E-state index contributed by atoms with van der Waals surface area (Å²) in [6.07, 6.45) is 0.823. The van der Waals surface area contributed by atoms with Gasteiger partial charge in [-0.3, -0.25) is 9.59 Å². The second kappa shape index (κ2) is 6.91. The lowest BCUT2D eigenvalue weighted by molar-refractivity contribution is -0.136. The number of benzene rings is 1. The van der Waals surface area contributed by atoms with Crippen LogP contribution < -0.4 is 10.6 Å². The summed E-state index contributed by atoms with van der Waals surface area (Å²) in [4.78, 5) is 23.5. The van der Waals surface area contributed by atoms with Gasteiger partial charge in [0.15, 0.2) is 0 Å². The molecule has 1 aromatic rings. The Labute approximate surface area is 126 Å². The van der Waals surface area contributed by atoms with Gasteiger partial charge in [-0.15, -0.1) is 0 Å². The zero-order valence-electron chi connectivity index (χ0n) is 11.6. The number of amides is 2. The van der Waals surface area contributed by atoms with E-state index in [0.29, 0.717) is 0 Å². The van der Waals surface area contributed by atoms with Crippen LogP contribution in [0.15, 0.2) is 24.3 Å². The second-order valence-electron chi connectivity index (χ2n) is 4.81. The van der Waals surface area contributed by atoms with Crippen LogP contribution in [-0.2, 0) is 14.3 Å². The fourth-order valence-corrected chi connectivity index (χ4v) is 3.42. The molecule has 0 aliphatic carbocycles. The van der Waals surface area contributed by atoms with Gasteiger partial charge in [-0.05, 0) is 24.3 Å². The van der Waals surface area contributed by atoms with Crippen molar-refractivity contribution in [2.75, 3.05) is 30.5 Å². The van der Waals surface area contributed by atoms with Gasteiger partial charge in [0.25, 0.3) is 0 Å². The Bertz CT molecular complexity index is 533. The molecule has 1 unspecified atom stereocenters. The molecule has 0 bridgehead atoms. The molecular weight excluding hydrogens is 295 g/mol. The monoisotopic (exact) mass is 312 g/mol. The van der Waals surface area contributed by atoms with Crippen LogP contribution in [0, 0.1) is 5.82 Å². The van der Waals surface area contributed by atoms with Gasteiger partial charge in [-0.1, -0.05) is 12.1 Å². The largest absolute Gasteiger partial charge is 0.376 e. The van der Waals surface area contributed by atoms with Gasteiger partial charge in [0, 0.05) is 19.4 Å². The third-order valence-corrected chi connectivity index (χ3v) is 4.62. The number of rotatable bonds is 4. The van der Waals surface area contributed by atoms with Crippen LogP contribution in [0.25, 0.3) is 0 Å². The van der Waals surface area contributed by atoms with E-state index in [-0.39, 0.29) is 12.2 Å². The van der Waals surface area contributed by atoms with Crippen molar-refractivity contribution in [1.29, 1.82) is 0 Å². The van der Waals surface area contributed by atoms with E-state index in [1.165, 1.54) is 18.2 Å². The Hall–Kier alpha value is -1.60. The molecule has 1 saturated heterocycles. The van der Waals surface area contributed by atoms with Gasteiger partial charge in [-0.2, -0.15) is 11.8 Å². The lowest BCUT2D eigenvalue weighted by Crippen LogP contribution is -2.47. The number of methoxy groups -OCH3 is 1. The molecule has 5 nitrogen and oxygen atoms in total. The minimum absolute atomic E-state index is 0.0180. The zero-order chi connectivity index (χ0) is 15.3. The summed E-state index contributed by atoms with van der Waals surface area (Å²) in [5.41, 5.74) is -0.436. The SMILES string of the molecule is COC1(CNC(=O)C(=O)Nc2ccccc2F)CCSC1. The van der Waals surface area contributed by atoms with E-state index in [1.54, 1.807) is 24.9 Å². The molecule has 1 aliphatic heterocycles. The number of hydrogen-bond donors (Lipinski definition) is 2. The highest BCUT2D eigenvalue weighted by atomic mass is 32.2. The van der Waals surface area contributed by atoms with E-state index in [4.69, 9.17) is 4.74 Å². The molecule has 21 heavy (non-hydrogen) atoms. The van der Waals surface area contributed by atoms with Crippen LogP contribution in [0.4, 0.5) is 10.1 Å². The first kappa shape index (κ1) is 15.8. The average Bonchev–Trinajstić information content (AvgIpc) is 2.96. The number of carbonyl (C=O) groups is 2. The first-order chi connectivity index (χ1) is 10.1. The number of halogens is 1. The Morgan fingerprint density at radius 3 is 2.76 bits per heavy atom. The molecule has 0 spiro atoms. The molecular formula is C14H17FN2O3S. The van der Waals surface area contributed by atoms with Gasteiger partial charge >= 0.3 is 11.8 Å². The van der Waals surface area contributed by atoms with Crippen LogP contribution in [0.2, 0.25) is 0 Å². The maximum atomic E-state index is 13.4. The minimum Gasteiger partial charge on any atom is -0.376 e. The summed E-state index contributed by atoms with van der Waals surface area (Å²) in [7, 11) is 1.59. The molecule has 0 radical (unpaired) electrons. The van der Waals surface area contributed by atoms with Crippen LogP contribution in [0.5, 0.6) is 0 Å². The molecule has 0 aromatic heterocycles. The third kappa shape index (κ3) is 3.95. The highest BCUT2D eigenvalue weighted by molar-refractivity contribution is 7.99. The van der Waals surface area contributed by atoms with Crippen molar-refractivity contribution in [3.63, 3.8) is 0 Å². The summed E-state index contributed by atoms with van der Waals surface area (Å²) >= 11 is 1.74. The predicted octanol–water partition coefficient (Wildman–Crippen LogP) is 1.40. The summed E-state index contributed by atoms with van der Waals surface area (Å²) in [6.45, 7) is 0.264. The molecule has 1 atom stereocenters. The lowest BCUT2D eigenvalue weighted by Gasteiger charge is -2.26. The number of hydrogen-bond acceptors (Lipinski definition) is 4. The van der Waals surface area contributed by atoms with E-state index in [9.17, 15) is 14.0 Å². The van der Waals surface area contributed by atoms with Gasteiger partial charge < -0.3 is 15.4 Å². The maximum Gasteiger partial charge on any atom is 0.313 e. The fraction of sp³-hybridized carbons (Fsp3) is 0.429. The molecule has 1 aromatic carbocycles. The van der Waals surface area contributed by atoms with Crippen molar-refractivity contribution in [3.8, 4) is 0 Å². The lowest BCUT2D eigenvalue weighted by atomic mass is 10.0. The molecule has 2 N–H and O–H groups in total. The average molecular weight is 312 g/mol. The topological polar surface area (TPSA) is 67.4 Å². The number of para-hydroxylation sites is 1. The zero-order valence-corrected chi connectivity index (χ0v) is 12.5. The fourth-order valence-electron chi connectivity index (χ4n) is 2.02. The normalized spacial score (nSPS) is 21.0. The van der Waals surface area contributed by atoms with Crippen molar-refractivity contribution < 1.29 is 18.7 Å². The smallest absolute Gasteiger partial charge is 0.313 e. The van der Waals surface area contributed by atoms with Crippen LogP contribution in [0.3, 0.4) is 0 Å². The third-order valence-electron chi connectivity index (χ3n) is 3.40. The summed E-state index contributed by atoms with van der Waals surface area (Å²) < 4.78 is 18.8. The molecule has 0 saturated carbocycles. The quantitative estimate of drug-likeness (QED) is 0.825. The molecule has 1 aliphatic rings. The Balaban J connectivity index is 1.88. The van der Waals surface area contributed by atoms with E-state index in [1.807, 2.05) is 0 Å². The van der Waals surface area contributed by atoms with Crippen molar-refractivity contribution in [3.05, 3.63) is 30.1 Å². The van der Waals surface area contributed by atoms with Crippen molar-refractivity contribution >= 4 is 29.3 Å². The van der Waals surface area contributed by atoms with Crippen molar-refractivity contribution in [2.24, 2.45) is 0 Å². The summed E-state index contributed by atoms with van der Waals surface area (Å²) in [5.74, 6) is -0.535. The highest BCUT2D eigenvalue weighted by Crippen LogP contribution is 2.30. The van der Waals surface area contributed by atoms with E-state index in [0.717, 1.165) is 17.9 Å². The number of nitrogens with one attached hydrogen (secondary N) is 2. The number of anilines is 1. The first-order valence-electron chi connectivity index (χ1n) is 6.53. The van der Waals surface area contributed by atoms with E-state index >= 15 is 0 Å². The first-order valence-corrected chi connectivity index (χ1v) is 7.68. The van der Waals surface area contributed by atoms with Gasteiger partial charge in [0.05, 0.1) is 11.3 Å². The van der Waals surface area contributed by atoms with Crippen molar-refractivity contribution in [2.45, 2.75) is 12.0 Å². The molecule has 114 valence electrons. The number of carbonyl (C=O) groups excluding carboxylic acids is 2. The van der Waals surface area contributed by atoms with Gasteiger partial charge in [0.2, 0.25) is 0 Å². The molecule has 1 fully saturated rings. The molecule has 1 heterocycles. The Morgan fingerprint density at radius 2 is 2.14 bits per heavy atom. The molecule has 2 rings (SSSR count). The van der Waals surface area contributed by atoms with Crippen LogP contribution >= 0.6 is 11.8 Å². The second-order valence-corrected chi connectivity index (χ2v) is 5.91. The molecule has 7 heteroatoms. The Kier molecular flexibility index (Phi) is 5.19. The minimum atomic E-state index is -0.892. The van der Waals surface area contributed by atoms with Crippen LogP contribution in [-0.4, -0.2) is 42.6 Å². The van der Waals surface area contributed by atoms with E-state index < -0.39 is 23.2 Å². The maximum absolute atomic E-state index is 13.4. The standard InChI is InChI=1S/C14H17FN2O3S/c1-20-14(6-7-21-9-14)8-16-12(18)13(19)17-11-5-3-2-4-10(11)15/h2-5H,6-9H2,1H3,(H,16,18)(H,17,19). The summed E-state index contributed by atoms with van der Waals surface area (Å²) in [5, 5.41) is 4.79. The van der Waals surface area contributed by atoms with Gasteiger partial charge in [-0.25, -0.2) is 4.39 Å². The highest BCUT2D eigenvalue weighted by Gasteiger charge is 2.35. The number of ether oxygens (including phenoxy) is 1.